The van der Waals surface area contributed by atoms with Gasteiger partial charge in [-0.3, -0.25) is 4.28 Å². The second-order valence-electron chi connectivity index (χ2n) is 5.95. The topological polar surface area (TPSA) is 189 Å². The molecule has 1 aliphatic rings. The summed E-state index contributed by atoms with van der Waals surface area (Å²) in [7, 11) is -5.12. The van der Waals surface area contributed by atoms with E-state index >= 15 is 0 Å². The van der Waals surface area contributed by atoms with Crippen LogP contribution < -0.4 is 0 Å². The zero-order valence-electron chi connectivity index (χ0n) is 14.3. The molecule has 0 saturated carbocycles. The molecule has 0 amide bonds. The summed E-state index contributed by atoms with van der Waals surface area (Å²) in [5, 5.41) is 52.0. The molecule has 1 aliphatic heterocycles. The molecule has 0 aliphatic carbocycles. The fraction of sp³-hybridized carbons (Fsp3) is 0.533. The Hall–Kier alpha value is -1.29. The molecule has 0 aromatic heterocycles. The summed E-state index contributed by atoms with van der Waals surface area (Å²) in [6, 6.07) is 8.35. The van der Waals surface area contributed by atoms with Crippen molar-refractivity contribution >= 4 is 27.2 Å². The Balaban J connectivity index is 2.07. The van der Waals surface area contributed by atoms with Gasteiger partial charge in [0.1, 0.15) is 23.4 Å². The van der Waals surface area contributed by atoms with Crippen LogP contribution in [0.2, 0.25) is 0 Å². The number of benzene rings is 1. The molecule has 13 heteroatoms. The first kappa shape index (κ1) is 23.0. The maximum absolute atomic E-state index is 10.7. The molecule has 0 spiro atoms. The van der Waals surface area contributed by atoms with Crippen molar-refractivity contribution in [1.29, 1.82) is 0 Å². The summed E-state index contributed by atoms with van der Waals surface area (Å²) >= 11 is 0.774. The van der Waals surface area contributed by atoms with Crippen molar-refractivity contribution < 1.29 is 47.5 Å². The lowest BCUT2D eigenvalue weighted by Crippen LogP contribution is -2.58. The van der Waals surface area contributed by atoms with Crippen LogP contribution in [-0.4, -0.2) is 80.0 Å². The van der Waals surface area contributed by atoms with Crippen molar-refractivity contribution in [1.82, 2.24) is 0 Å². The molecule has 1 aromatic carbocycles. The summed E-state index contributed by atoms with van der Waals surface area (Å²) < 4.78 is 40.9. The molecule has 1 aromatic rings. The second-order valence-corrected chi connectivity index (χ2v) is 8.01. The van der Waals surface area contributed by atoms with Crippen molar-refractivity contribution in [2.24, 2.45) is 5.16 Å². The molecule has 1 saturated heterocycles. The van der Waals surface area contributed by atoms with Gasteiger partial charge in [0, 0.05) is 12.2 Å². The minimum absolute atomic E-state index is 0.110. The number of rotatable bonds is 7. The van der Waals surface area contributed by atoms with Gasteiger partial charge in [0.2, 0.25) is 0 Å². The zero-order valence-corrected chi connectivity index (χ0v) is 15.9. The summed E-state index contributed by atoms with van der Waals surface area (Å²) in [4.78, 5) is 0. The van der Waals surface area contributed by atoms with Crippen molar-refractivity contribution in [3.63, 3.8) is 0 Å². The zero-order chi connectivity index (χ0) is 20.9. The minimum atomic E-state index is -5.12. The first-order valence-corrected chi connectivity index (χ1v) is 10.3. The van der Waals surface area contributed by atoms with E-state index in [1.165, 1.54) is 0 Å². The Bertz CT molecular complexity index is 759. The van der Waals surface area contributed by atoms with E-state index in [2.05, 4.69) is 9.44 Å². The molecule has 0 radical (unpaired) electrons. The van der Waals surface area contributed by atoms with Gasteiger partial charge in [0.25, 0.3) is 10.4 Å². The van der Waals surface area contributed by atoms with Gasteiger partial charge in [-0.1, -0.05) is 35.5 Å². The highest BCUT2D eigenvalue weighted by molar-refractivity contribution is 8.14. The minimum Gasteiger partial charge on any atom is -0.714 e. The van der Waals surface area contributed by atoms with Gasteiger partial charge in [-0.25, -0.2) is 0 Å². The highest BCUT2D eigenvalue weighted by Crippen LogP contribution is 2.26. The van der Waals surface area contributed by atoms with Crippen molar-refractivity contribution in [2.75, 3.05) is 5.75 Å². The van der Waals surface area contributed by atoms with Gasteiger partial charge in [0.15, 0.2) is 6.29 Å². The molecule has 0 bridgehead atoms. The van der Waals surface area contributed by atoms with E-state index in [4.69, 9.17) is 4.74 Å². The molecule has 28 heavy (non-hydrogen) atoms. The van der Waals surface area contributed by atoms with Crippen LogP contribution in [-0.2, 0) is 19.4 Å². The van der Waals surface area contributed by atoms with Crippen molar-refractivity contribution in [3.05, 3.63) is 35.9 Å². The molecule has 5 N–H and O–H groups in total. The van der Waals surface area contributed by atoms with Crippen LogP contribution in [0, 0.1) is 0 Å². The first-order valence-electron chi connectivity index (χ1n) is 8.03. The van der Waals surface area contributed by atoms with Gasteiger partial charge in [-0.05, 0) is 5.56 Å². The number of aliphatic hydroxyl groups excluding tert-OH is 5. The Morgan fingerprint density at radius 1 is 1.18 bits per heavy atom. The Morgan fingerprint density at radius 2 is 1.82 bits per heavy atom. The average Bonchev–Trinajstić information content (AvgIpc) is 2.65. The normalized spacial score (nSPS) is 30.1. The van der Waals surface area contributed by atoms with Crippen LogP contribution >= 0.6 is 11.8 Å². The maximum atomic E-state index is 10.7. The third-order valence-electron chi connectivity index (χ3n) is 3.88. The van der Waals surface area contributed by atoms with E-state index in [-0.39, 0.29) is 17.2 Å². The molecule has 2 rings (SSSR count). The highest BCUT2D eigenvalue weighted by atomic mass is 32.3. The van der Waals surface area contributed by atoms with E-state index in [1.54, 1.807) is 30.3 Å². The van der Waals surface area contributed by atoms with E-state index in [0.29, 0.717) is 5.56 Å². The fourth-order valence-electron chi connectivity index (χ4n) is 2.42. The lowest BCUT2D eigenvalue weighted by atomic mass is 10.0. The summed E-state index contributed by atoms with van der Waals surface area (Å²) in [6.07, 6.45) is -9.11. The second kappa shape index (κ2) is 9.96. The van der Waals surface area contributed by atoms with E-state index in [0.717, 1.165) is 11.8 Å². The molecule has 1 unspecified atom stereocenters. The summed E-state index contributed by atoms with van der Waals surface area (Å²) in [5.41, 5.74) is 0.503. The lowest BCUT2D eigenvalue weighted by molar-refractivity contribution is -0.276. The Labute approximate surface area is 165 Å². The summed E-state index contributed by atoms with van der Waals surface area (Å²) in [6.45, 7) is 0. The van der Waals surface area contributed by atoms with Gasteiger partial charge < -0.3 is 34.8 Å². The third-order valence-corrected chi connectivity index (χ3v) is 5.21. The quantitative estimate of drug-likeness (QED) is 0.109. The monoisotopic (exact) mass is 438 g/mol. The average molecular weight is 438 g/mol. The number of ether oxygens (including phenoxy) is 1. The molecule has 6 atom stereocenters. The standard InChI is InChI=1S/C15H21NO10S2/c17-9(8-4-2-1-3-5-8)6-11(16-26-28(22,23)24)27-7-10-12(18)13(19)14(20)15(21)25-10/h1-5,9-10,12-15,17-21H,6-7H2,(H,22,23,24)/p-1/b16-11-/t9?,10-,12-,13+,14-,15-/m1/s1. The molecule has 1 heterocycles. The number of hydrogen-bond acceptors (Lipinski definition) is 12. The van der Waals surface area contributed by atoms with Gasteiger partial charge >= 0.3 is 0 Å². The molecular weight excluding hydrogens is 418 g/mol. The predicted octanol–water partition coefficient (Wildman–Crippen LogP) is -1.57. The fourth-order valence-corrected chi connectivity index (χ4v) is 3.64. The SMILES string of the molecule is O=S(=O)([O-])O/N=C(/CC(O)c1ccccc1)SC[C@H]1O[C@@H](O)[C@H](O)[C@@H](O)[C@@H]1O. The van der Waals surface area contributed by atoms with Crippen molar-refractivity contribution in [3.8, 4) is 0 Å². The van der Waals surface area contributed by atoms with Crippen LogP contribution in [0.25, 0.3) is 0 Å². The lowest BCUT2D eigenvalue weighted by Gasteiger charge is -2.38. The highest BCUT2D eigenvalue weighted by Gasteiger charge is 2.42. The number of oxime groups is 1. The van der Waals surface area contributed by atoms with E-state index < -0.39 is 47.2 Å². The summed E-state index contributed by atoms with van der Waals surface area (Å²) in [5.74, 6) is -0.162. The number of nitrogens with zero attached hydrogens (tertiary/aromatic N) is 1. The Kier molecular flexibility index (Phi) is 8.18. The maximum Gasteiger partial charge on any atom is 0.284 e. The third kappa shape index (κ3) is 6.65. The molecule has 158 valence electrons. The molecule has 11 nitrogen and oxygen atoms in total. The molecule has 1 fully saturated rings. The van der Waals surface area contributed by atoms with Gasteiger partial charge in [0.05, 0.1) is 12.2 Å². The predicted molar refractivity (Wildman–Crippen MR) is 95.6 cm³/mol. The van der Waals surface area contributed by atoms with Crippen LogP contribution in [0.1, 0.15) is 18.1 Å². The number of aliphatic hydroxyl groups is 5. The van der Waals surface area contributed by atoms with Crippen LogP contribution in [0.5, 0.6) is 0 Å². The number of thioether (sulfide) groups is 1. The Morgan fingerprint density at radius 3 is 2.43 bits per heavy atom. The van der Waals surface area contributed by atoms with E-state index in [9.17, 15) is 38.5 Å². The smallest absolute Gasteiger partial charge is 0.284 e. The molecular formula is C15H20NO10S2-. The van der Waals surface area contributed by atoms with Crippen LogP contribution in [0.4, 0.5) is 0 Å². The van der Waals surface area contributed by atoms with Gasteiger partial charge in [-0.15, -0.1) is 11.8 Å². The van der Waals surface area contributed by atoms with Crippen LogP contribution in [0.3, 0.4) is 0 Å². The number of hydrogen-bond donors (Lipinski definition) is 5. The van der Waals surface area contributed by atoms with E-state index in [1.807, 2.05) is 0 Å². The largest absolute Gasteiger partial charge is 0.714 e. The van der Waals surface area contributed by atoms with Crippen molar-refractivity contribution in [2.45, 2.75) is 43.2 Å². The van der Waals surface area contributed by atoms with Gasteiger partial charge in [-0.2, -0.15) is 8.42 Å². The van der Waals surface area contributed by atoms with Crippen LogP contribution in [0.15, 0.2) is 35.5 Å². The first-order chi connectivity index (χ1) is 13.1.